The maximum Gasteiger partial charge on any atom is 0.163 e. The van der Waals surface area contributed by atoms with Crippen molar-refractivity contribution in [2.24, 2.45) is 5.41 Å². The molecule has 0 amide bonds. The molecule has 0 aromatic heterocycles. The zero-order valence-corrected chi connectivity index (χ0v) is 17.7. The van der Waals surface area contributed by atoms with Crippen molar-refractivity contribution < 1.29 is 4.79 Å². The number of hydrogen-bond donors (Lipinski definition) is 2. The Morgan fingerprint density at radius 3 is 2.57 bits per heavy atom. The number of benzene rings is 2. The summed E-state index contributed by atoms with van der Waals surface area (Å²) in [6.45, 7) is 8.55. The quantitative estimate of drug-likeness (QED) is 0.590. The molecular formula is C24H27ClN2O. The predicted octanol–water partition coefficient (Wildman–Crippen LogP) is 6.26. The van der Waals surface area contributed by atoms with Gasteiger partial charge in [0.1, 0.15) is 0 Å². The van der Waals surface area contributed by atoms with E-state index in [-0.39, 0.29) is 17.2 Å². The number of fused-ring (bicyclic) bond motifs is 1. The van der Waals surface area contributed by atoms with E-state index in [4.69, 9.17) is 11.6 Å². The number of carbonyl (C=O) groups is 1. The van der Waals surface area contributed by atoms with Crippen LogP contribution >= 0.6 is 11.6 Å². The molecule has 3 nitrogen and oxygen atoms in total. The molecule has 2 aromatic rings. The second-order valence-corrected chi connectivity index (χ2v) is 9.18. The van der Waals surface area contributed by atoms with Crippen molar-refractivity contribution in [3.63, 3.8) is 0 Å². The summed E-state index contributed by atoms with van der Waals surface area (Å²) in [6.07, 6.45) is 1.42. The first-order valence-electron chi connectivity index (χ1n) is 9.83. The summed E-state index contributed by atoms with van der Waals surface area (Å²) in [5.74, 6) is 0.688. The maximum atomic E-state index is 13.3. The number of carbonyl (C=O) groups excluding carboxylic acids is 1. The lowest BCUT2D eigenvalue weighted by atomic mass is 9.73. The van der Waals surface area contributed by atoms with Crippen molar-refractivity contribution >= 4 is 28.8 Å². The van der Waals surface area contributed by atoms with Gasteiger partial charge in [-0.2, -0.15) is 0 Å². The topological polar surface area (TPSA) is 41.1 Å². The van der Waals surface area contributed by atoms with Gasteiger partial charge in [-0.25, -0.2) is 0 Å². The Morgan fingerprint density at radius 1 is 1.07 bits per heavy atom. The van der Waals surface area contributed by atoms with Gasteiger partial charge in [-0.05, 0) is 54.5 Å². The summed E-state index contributed by atoms with van der Waals surface area (Å²) in [4.78, 5) is 13.3. The maximum absolute atomic E-state index is 13.3. The lowest BCUT2D eigenvalue weighted by Gasteiger charge is -2.34. The first-order valence-corrected chi connectivity index (χ1v) is 10.4. The van der Waals surface area contributed by atoms with Crippen LogP contribution < -0.4 is 10.6 Å². The third-order valence-electron chi connectivity index (χ3n) is 5.77. The van der Waals surface area contributed by atoms with E-state index in [2.05, 4.69) is 68.7 Å². The van der Waals surface area contributed by atoms with Crippen LogP contribution in [0.25, 0.3) is 0 Å². The smallest absolute Gasteiger partial charge is 0.163 e. The van der Waals surface area contributed by atoms with E-state index in [9.17, 15) is 4.79 Å². The Hall–Kier alpha value is -2.26. The van der Waals surface area contributed by atoms with Gasteiger partial charge in [-0.1, -0.05) is 43.7 Å². The number of aryl methyl sites for hydroxylation is 2. The molecule has 4 heteroatoms. The van der Waals surface area contributed by atoms with Crippen LogP contribution in [-0.4, -0.2) is 5.78 Å². The minimum Gasteiger partial charge on any atom is -0.372 e. The van der Waals surface area contributed by atoms with E-state index in [1.54, 1.807) is 0 Å². The van der Waals surface area contributed by atoms with Crippen molar-refractivity contribution in [1.29, 1.82) is 0 Å². The van der Waals surface area contributed by atoms with Crippen molar-refractivity contribution in [3.8, 4) is 0 Å². The van der Waals surface area contributed by atoms with Crippen molar-refractivity contribution in [3.05, 3.63) is 69.9 Å². The van der Waals surface area contributed by atoms with Gasteiger partial charge in [-0.15, -0.1) is 11.6 Å². The van der Waals surface area contributed by atoms with E-state index in [1.165, 1.54) is 11.1 Å². The summed E-state index contributed by atoms with van der Waals surface area (Å²) < 4.78 is 0. The van der Waals surface area contributed by atoms with Crippen LogP contribution in [0.3, 0.4) is 0 Å². The molecule has 0 radical (unpaired) electrons. The van der Waals surface area contributed by atoms with Crippen molar-refractivity contribution in [2.45, 2.75) is 52.5 Å². The standard InChI is InChI=1S/C24H27ClN2O/c1-14-5-7-17(15(2)9-14)23-22-20(11-24(3,4)12-21(22)28)26-19-10-16(13-25)6-8-18(19)27-23/h5-10,23,26-27H,11-13H2,1-4H3. The molecule has 1 aliphatic carbocycles. The Bertz CT molecular complexity index is 990. The molecular weight excluding hydrogens is 368 g/mol. The molecule has 0 fully saturated rings. The minimum absolute atomic E-state index is 0.0512. The first-order chi connectivity index (χ1) is 13.3. The van der Waals surface area contributed by atoms with E-state index in [1.807, 2.05) is 6.07 Å². The SMILES string of the molecule is Cc1ccc(C2Nc3ccc(CCl)cc3NC3=C2C(=O)CC(C)(C)C3)c(C)c1. The van der Waals surface area contributed by atoms with Crippen LogP contribution in [0.1, 0.15) is 55.0 Å². The number of halogens is 1. The molecule has 2 N–H and O–H groups in total. The van der Waals surface area contributed by atoms with Crippen LogP contribution in [0.15, 0.2) is 47.7 Å². The number of rotatable bonds is 2. The number of alkyl halides is 1. The fourth-order valence-corrected chi connectivity index (χ4v) is 4.62. The number of hydrogen-bond acceptors (Lipinski definition) is 3. The Morgan fingerprint density at radius 2 is 1.86 bits per heavy atom. The van der Waals surface area contributed by atoms with Crippen LogP contribution in [0, 0.1) is 19.3 Å². The lowest BCUT2D eigenvalue weighted by molar-refractivity contribution is -0.118. The predicted molar refractivity (Wildman–Crippen MR) is 117 cm³/mol. The van der Waals surface area contributed by atoms with Gasteiger partial charge in [0.2, 0.25) is 0 Å². The van der Waals surface area contributed by atoms with E-state index in [0.29, 0.717) is 12.3 Å². The highest BCUT2D eigenvalue weighted by atomic mass is 35.5. The van der Waals surface area contributed by atoms with Crippen LogP contribution in [0.5, 0.6) is 0 Å². The number of nitrogens with one attached hydrogen (secondary N) is 2. The van der Waals surface area contributed by atoms with Crippen LogP contribution in [-0.2, 0) is 10.7 Å². The fraction of sp³-hybridized carbons (Fsp3) is 0.375. The molecule has 4 rings (SSSR count). The molecule has 0 saturated heterocycles. The van der Waals surface area contributed by atoms with Gasteiger partial charge in [0.05, 0.1) is 17.4 Å². The largest absolute Gasteiger partial charge is 0.372 e. The number of Topliss-reactive ketones (excluding diaryl/α,β-unsaturated/α-hetero) is 1. The zero-order chi connectivity index (χ0) is 20.1. The van der Waals surface area contributed by atoms with Crippen LogP contribution in [0.2, 0.25) is 0 Å². The average Bonchev–Trinajstić information content (AvgIpc) is 2.76. The van der Waals surface area contributed by atoms with Gasteiger partial charge < -0.3 is 10.6 Å². The Balaban J connectivity index is 1.90. The Labute approximate surface area is 172 Å². The summed E-state index contributed by atoms with van der Waals surface area (Å²) in [5.41, 5.74) is 8.48. The van der Waals surface area contributed by atoms with Crippen molar-refractivity contribution in [2.75, 3.05) is 10.6 Å². The lowest BCUT2D eigenvalue weighted by Crippen LogP contribution is -2.31. The monoisotopic (exact) mass is 394 g/mol. The van der Waals surface area contributed by atoms with Gasteiger partial charge in [0.25, 0.3) is 0 Å². The third-order valence-corrected chi connectivity index (χ3v) is 6.08. The first kappa shape index (κ1) is 19.1. The average molecular weight is 395 g/mol. The highest BCUT2D eigenvalue weighted by Gasteiger charge is 2.39. The minimum atomic E-state index is -0.158. The van der Waals surface area contributed by atoms with E-state index in [0.717, 1.165) is 40.2 Å². The molecule has 28 heavy (non-hydrogen) atoms. The highest BCUT2D eigenvalue weighted by molar-refractivity contribution is 6.17. The Kier molecular flexibility index (Phi) is 4.75. The second-order valence-electron chi connectivity index (χ2n) is 8.91. The molecule has 1 unspecified atom stereocenters. The van der Waals surface area contributed by atoms with Gasteiger partial charge in [0, 0.05) is 23.6 Å². The summed E-state index contributed by atoms with van der Waals surface area (Å²) >= 11 is 6.06. The fourth-order valence-electron chi connectivity index (χ4n) is 4.46. The molecule has 0 bridgehead atoms. The normalized spacial score (nSPS) is 20.6. The molecule has 1 aliphatic heterocycles. The van der Waals surface area contributed by atoms with Crippen LogP contribution in [0.4, 0.5) is 11.4 Å². The van der Waals surface area contributed by atoms with Crippen molar-refractivity contribution in [1.82, 2.24) is 0 Å². The summed E-state index contributed by atoms with van der Waals surface area (Å²) in [6, 6.07) is 12.5. The molecule has 0 saturated carbocycles. The van der Waals surface area contributed by atoms with Gasteiger partial charge in [0.15, 0.2) is 5.78 Å². The zero-order valence-electron chi connectivity index (χ0n) is 16.9. The van der Waals surface area contributed by atoms with E-state index >= 15 is 0 Å². The van der Waals surface area contributed by atoms with E-state index < -0.39 is 0 Å². The molecule has 1 atom stereocenters. The third kappa shape index (κ3) is 3.44. The number of allylic oxidation sites excluding steroid dienone is 1. The molecule has 2 aromatic carbocycles. The van der Waals surface area contributed by atoms with Gasteiger partial charge >= 0.3 is 0 Å². The molecule has 1 heterocycles. The molecule has 2 aliphatic rings. The molecule has 0 spiro atoms. The second kappa shape index (κ2) is 6.97. The number of ketones is 1. The summed E-state index contributed by atoms with van der Waals surface area (Å²) in [5, 5.41) is 7.25. The van der Waals surface area contributed by atoms with Gasteiger partial charge in [-0.3, -0.25) is 4.79 Å². The molecule has 146 valence electrons. The number of anilines is 2. The summed E-state index contributed by atoms with van der Waals surface area (Å²) in [7, 11) is 0. The highest BCUT2D eigenvalue weighted by Crippen LogP contribution is 2.46.